The zero-order valence-electron chi connectivity index (χ0n) is 15.6. The molecule has 1 aromatic heterocycles. The lowest BCUT2D eigenvalue weighted by molar-refractivity contribution is 0.0950. The molecule has 0 bridgehead atoms. The minimum absolute atomic E-state index is 0.0749. The summed E-state index contributed by atoms with van der Waals surface area (Å²) in [6.45, 7) is 4.37. The molecule has 0 atom stereocenters. The first-order chi connectivity index (χ1) is 13.4. The Morgan fingerprint density at radius 1 is 1.25 bits per heavy atom. The highest BCUT2D eigenvalue weighted by Crippen LogP contribution is 2.21. The van der Waals surface area contributed by atoms with Crippen molar-refractivity contribution in [2.75, 3.05) is 0 Å². The molecule has 0 unspecified atom stereocenters. The van der Waals surface area contributed by atoms with Crippen molar-refractivity contribution in [1.29, 1.82) is 0 Å². The van der Waals surface area contributed by atoms with Gasteiger partial charge < -0.3 is 5.11 Å². The summed E-state index contributed by atoms with van der Waals surface area (Å²) in [6, 6.07) is 14.8. The standard InChI is InChI=1S/C21H21BrN4O2/c1-13(2)9-14-3-5-15(6-4-14)18-11-19(25-24-18)21(28)26-23-12-16-10-17(22)7-8-20(16)27/h3-8,10-13,27H,9H2,1-2H3,(H,24,25)(H,26,28). The molecule has 144 valence electrons. The van der Waals surface area contributed by atoms with E-state index in [0.29, 0.717) is 22.9 Å². The van der Waals surface area contributed by atoms with E-state index in [1.165, 1.54) is 11.8 Å². The third-order valence-corrected chi connectivity index (χ3v) is 4.57. The van der Waals surface area contributed by atoms with Gasteiger partial charge in [-0.15, -0.1) is 0 Å². The van der Waals surface area contributed by atoms with Crippen LogP contribution in [-0.4, -0.2) is 27.4 Å². The molecule has 7 heteroatoms. The number of hydrogen-bond donors (Lipinski definition) is 3. The Morgan fingerprint density at radius 3 is 2.71 bits per heavy atom. The molecule has 28 heavy (non-hydrogen) atoms. The Balaban J connectivity index is 1.65. The first-order valence-corrected chi connectivity index (χ1v) is 9.68. The number of H-pyrrole nitrogens is 1. The Bertz CT molecular complexity index is 994. The predicted molar refractivity (Wildman–Crippen MR) is 113 cm³/mol. The number of phenols is 1. The third-order valence-electron chi connectivity index (χ3n) is 4.08. The predicted octanol–water partition coefficient (Wildman–Crippen LogP) is 4.51. The molecule has 0 aliphatic heterocycles. The largest absolute Gasteiger partial charge is 0.507 e. The maximum absolute atomic E-state index is 12.2. The van der Waals surface area contributed by atoms with Crippen LogP contribution in [0.5, 0.6) is 5.75 Å². The van der Waals surface area contributed by atoms with Gasteiger partial charge in [0.1, 0.15) is 11.4 Å². The minimum atomic E-state index is -0.416. The molecule has 0 saturated carbocycles. The molecule has 1 amide bonds. The van der Waals surface area contributed by atoms with Crippen LogP contribution in [0.4, 0.5) is 0 Å². The second-order valence-corrected chi connectivity index (χ2v) is 7.78. The molecule has 0 aliphatic carbocycles. The van der Waals surface area contributed by atoms with E-state index in [9.17, 15) is 9.90 Å². The zero-order valence-corrected chi connectivity index (χ0v) is 17.2. The molecular weight excluding hydrogens is 420 g/mol. The number of rotatable bonds is 6. The van der Waals surface area contributed by atoms with Crippen LogP contribution < -0.4 is 5.43 Å². The molecule has 6 nitrogen and oxygen atoms in total. The van der Waals surface area contributed by atoms with Crippen LogP contribution >= 0.6 is 15.9 Å². The number of nitrogens with zero attached hydrogens (tertiary/aromatic N) is 2. The minimum Gasteiger partial charge on any atom is -0.507 e. The van der Waals surface area contributed by atoms with Crippen molar-refractivity contribution < 1.29 is 9.90 Å². The van der Waals surface area contributed by atoms with Gasteiger partial charge in [0.2, 0.25) is 0 Å². The van der Waals surface area contributed by atoms with Crippen molar-refractivity contribution in [3.05, 3.63) is 69.8 Å². The molecule has 3 rings (SSSR count). The van der Waals surface area contributed by atoms with Crippen molar-refractivity contribution in [2.24, 2.45) is 11.0 Å². The average molecular weight is 441 g/mol. The van der Waals surface area contributed by atoms with E-state index in [1.807, 2.05) is 12.1 Å². The smallest absolute Gasteiger partial charge is 0.289 e. The van der Waals surface area contributed by atoms with E-state index >= 15 is 0 Å². The van der Waals surface area contributed by atoms with Gasteiger partial charge in [0, 0.05) is 15.6 Å². The summed E-state index contributed by atoms with van der Waals surface area (Å²) < 4.78 is 0.802. The van der Waals surface area contributed by atoms with Crippen LogP contribution in [0, 0.1) is 5.92 Å². The summed E-state index contributed by atoms with van der Waals surface area (Å²) in [6.07, 6.45) is 2.41. The summed E-state index contributed by atoms with van der Waals surface area (Å²) >= 11 is 3.32. The average Bonchev–Trinajstić information content (AvgIpc) is 3.15. The fraction of sp³-hybridized carbons (Fsp3) is 0.190. The summed E-state index contributed by atoms with van der Waals surface area (Å²) in [5.74, 6) is 0.262. The second kappa shape index (κ2) is 8.84. The molecule has 2 aromatic carbocycles. The number of carbonyl (C=O) groups is 1. The van der Waals surface area contributed by atoms with Crippen LogP contribution in [0.25, 0.3) is 11.3 Å². The Kier molecular flexibility index (Phi) is 6.26. The Labute approximate surface area is 171 Å². The van der Waals surface area contributed by atoms with Crippen molar-refractivity contribution in [3.8, 4) is 17.0 Å². The molecular formula is C21H21BrN4O2. The van der Waals surface area contributed by atoms with Crippen molar-refractivity contribution in [3.63, 3.8) is 0 Å². The topological polar surface area (TPSA) is 90.4 Å². The van der Waals surface area contributed by atoms with Crippen molar-refractivity contribution in [2.45, 2.75) is 20.3 Å². The Morgan fingerprint density at radius 2 is 2.00 bits per heavy atom. The van der Waals surface area contributed by atoms with Gasteiger partial charge in [-0.3, -0.25) is 9.89 Å². The first kappa shape index (κ1) is 19.8. The van der Waals surface area contributed by atoms with E-state index in [2.05, 4.69) is 62.6 Å². The molecule has 0 radical (unpaired) electrons. The van der Waals surface area contributed by atoms with Crippen molar-refractivity contribution in [1.82, 2.24) is 15.6 Å². The molecule has 0 fully saturated rings. The maximum atomic E-state index is 12.2. The number of hydrazone groups is 1. The molecule has 3 aromatic rings. The Hall–Kier alpha value is -2.93. The number of nitrogens with one attached hydrogen (secondary N) is 2. The highest BCUT2D eigenvalue weighted by molar-refractivity contribution is 9.10. The van der Waals surface area contributed by atoms with Gasteiger partial charge in [-0.05, 0) is 42.2 Å². The lowest BCUT2D eigenvalue weighted by Crippen LogP contribution is -2.18. The number of carbonyl (C=O) groups excluding carboxylic acids is 1. The molecule has 0 aliphatic rings. The maximum Gasteiger partial charge on any atom is 0.289 e. The molecule has 0 saturated heterocycles. The number of hydrogen-bond acceptors (Lipinski definition) is 4. The van der Waals surface area contributed by atoms with Gasteiger partial charge in [-0.25, -0.2) is 5.43 Å². The number of aromatic nitrogens is 2. The highest BCUT2D eigenvalue weighted by atomic mass is 79.9. The van der Waals surface area contributed by atoms with Gasteiger partial charge in [0.05, 0.1) is 11.9 Å². The molecule has 3 N–H and O–H groups in total. The third kappa shape index (κ3) is 5.07. The second-order valence-electron chi connectivity index (χ2n) is 6.86. The summed E-state index contributed by atoms with van der Waals surface area (Å²) in [4.78, 5) is 12.2. The number of benzene rings is 2. The SMILES string of the molecule is CC(C)Cc1ccc(-c2cc(C(=O)NN=Cc3cc(Br)ccc3O)[nH]n2)cc1. The van der Waals surface area contributed by atoms with Gasteiger partial charge in [0.15, 0.2) is 0 Å². The van der Waals surface area contributed by atoms with Crippen LogP contribution in [0.2, 0.25) is 0 Å². The molecule has 1 heterocycles. The lowest BCUT2D eigenvalue weighted by atomic mass is 10.0. The lowest BCUT2D eigenvalue weighted by Gasteiger charge is -2.05. The van der Waals surface area contributed by atoms with Gasteiger partial charge >= 0.3 is 0 Å². The van der Waals surface area contributed by atoms with E-state index in [0.717, 1.165) is 16.5 Å². The van der Waals surface area contributed by atoms with Gasteiger partial charge in [-0.2, -0.15) is 10.2 Å². The van der Waals surface area contributed by atoms with Crippen molar-refractivity contribution >= 4 is 28.1 Å². The first-order valence-electron chi connectivity index (χ1n) is 8.89. The number of amides is 1. The van der Waals surface area contributed by atoms with E-state index in [1.54, 1.807) is 24.3 Å². The fourth-order valence-corrected chi connectivity index (χ4v) is 3.10. The van der Waals surface area contributed by atoms with Gasteiger partial charge in [0.25, 0.3) is 5.91 Å². The normalized spacial score (nSPS) is 11.3. The summed E-state index contributed by atoms with van der Waals surface area (Å²) in [5, 5.41) is 20.6. The summed E-state index contributed by atoms with van der Waals surface area (Å²) in [7, 11) is 0. The van der Waals surface area contributed by atoms with Crippen LogP contribution in [-0.2, 0) is 6.42 Å². The van der Waals surface area contributed by atoms with E-state index in [-0.39, 0.29) is 5.75 Å². The number of halogens is 1. The number of aromatic hydroxyl groups is 1. The number of aromatic amines is 1. The van der Waals surface area contributed by atoms with Crippen LogP contribution in [0.15, 0.2) is 58.1 Å². The van der Waals surface area contributed by atoms with Crippen LogP contribution in [0.3, 0.4) is 0 Å². The van der Waals surface area contributed by atoms with Gasteiger partial charge in [-0.1, -0.05) is 54.0 Å². The fourth-order valence-electron chi connectivity index (χ4n) is 2.72. The van der Waals surface area contributed by atoms with E-state index in [4.69, 9.17) is 0 Å². The van der Waals surface area contributed by atoms with Crippen LogP contribution in [0.1, 0.15) is 35.5 Å². The summed E-state index contributed by atoms with van der Waals surface area (Å²) in [5.41, 5.74) is 6.11. The monoisotopic (exact) mass is 440 g/mol. The zero-order chi connectivity index (χ0) is 20.1. The number of phenolic OH excluding ortho intramolecular Hbond substituents is 1. The quantitative estimate of drug-likeness (QED) is 0.389. The van der Waals surface area contributed by atoms with E-state index < -0.39 is 5.91 Å². The highest BCUT2D eigenvalue weighted by Gasteiger charge is 2.11. The molecule has 0 spiro atoms.